The molecule has 0 fully saturated rings. The Labute approximate surface area is 105 Å². The number of hydrogen-bond donors (Lipinski definition) is 2. The van der Waals surface area contributed by atoms with Gasteiger partial charge < -0.3 is 14.9 Å². The molecule has 4 nitrogen and oxygen atoms in total. The van der Waals surface area contributed by atoms with E-state index in [2.05, 4.69) is 0 Å². The summed E-state index contributed by atoms with van der Waals surface area (Å²) in [6, 6.07) is 1.59. The van der Waals surface area contributed by atoms with E-state index in [0.29, 0.717) is 16.1 Å². The molecule has 0 spiro atoms. The van der Waals surface area contributed by atoms with E-state index < -0.39 is 12.1 Å². The van der Waals surface area contributed by atoms with Gasteiger partial charge in [-0.05, 0) is 32.4 Å². The molecule has 5 heteroatoms. The monoisotopic (exact) mass is 258 g/mol. The number of aryl methyl sites for hydroxylation is 1. The van der Waals surface area contributed by atoms with E-state index in [4.69, 9.17) is 16.3 Å². The van der Waals surface area contributed by atoms with Crippen LogP contribution in [0.1, 0.15) is 29.7 Å². The molecule has 94 valence electrons. The molecule has 1 rings (SSSR count). The average molecular weight is 259 g/mol. The predicted molar refractivity (Wildman–Crippen MR) is 64.2 cm³/mol. The van der Waals surface area contributed by atoms with Crippen LogP contribution in [-0.2, 0) is 9.53 Å². The van der Waals surface area contributed by atoms with Crippen LogP contribution in [0.15, 0.2) is 6.07 Å². The maximum absolute atomic E-state index is 11.4. The average Bonchev–Trinajstić information content (AvgIpc) is 2.26. The molecule has 1 unspecified atom stereocenters. The maximum atomic E-state index is 11.4. The molecule has 1 aromatic rings. The lowest BCUT2D eigenvalue weighted by molar-refractivity contribution is -0.153. The summed E-state index contributed by atoms with van der Waals surface area (Å²) in [5.41, 5.74) is 1.11. The molecule has 0 amide bonds. The fourth-order valence-corrected chi connectivity index (χ4v) is 1.82. The summed E-state index contributed by atoms with van der Waals surface area (Å²) >= 11 is 5.88. The van der Waals surface area contributed by atoms with Gasteiger partial charge in [0.2, 0.25) is 0 Å². The van der Waals surface area contributed by atoms with Crippen molar-refractivity contribution in [3.05, 3.63) is 27.8 Å². The Bertz CT molecular complexity index is 443. The van der Waals surface area contributed by atoms with Crippen molar-refractivity contribution in [1.82, 2.24) is 0 Å². The number of phenolic OH excluding ortho intramolecular Hbond substituents is 1. The first-order valence-corrected chi connectivity index (χ1v) is 5.61. The summed E-state index contributed by atoms with van der Waals surface area (Å²) in [6.07, 6.45) is -1.49. The molecule has 0 aliphatic heterocycles. The number of hydrogen-bond acceptors (Lipinski definition) is 4. The molecule has 0 aliphatic carbocycles. The number of phenols is 1. The number of carbonyl (C=O) groups excluding carboxylic acids is 1. The van der Waals surface area contributed by atoms with Crippen molar-refractivity contribution >= 4 is 17.6 Å². The van der Waals surface area contributed by atoms with Crippen LogP contribution in [-0.4, -0.2) is 22.8 Å². The Morgan fingerprint density at radius 3 is 2.65 bits per heavy atom. The Hall–Kier alpha value is -1.26. The third-order valence-electron chi connectivity index (χ3n) is 2.52. The third-order valence-corrected chi connectivity index (χ3v) is 2.91. The second-order valence-electron chi connectivity index (χ2n) is 3.72. The quantitative estimate of drug-likeness (QED) is 0.816. The van der Waals surface area contributed by atoms with Crippen molar-refractivity contribution in [1.29, 1.82) is 0 Å². The molecule has 0 aromatic heterocycles. The van der Waals surface area contributed by atoms with Gasteiger partial charge in [0, 0.05) is 16.1 Å². The number of carbonyl (C=O) groups is 1. The van der Waals surface area contributed by atoms with Gasteiger partial charge in [-0.2, -0.15) is 0 Å². The van der Waals surface area contributed by atoms with E-state index >= 15 is 0 Å². The van der Waals surface area contributed by atoms with E-state index in [0.717, 1.165) is 0 Å². The zero-order valence-electron chi connectivity index (χ0n) is 9.95. The molecule has 1 atom stereocenters. The SMILES string of the molecule is CCOC(=O)C(O)c1c(C)cc(Cl)c(C)c1O. The van der Waals surface area contributed by atoms with Gasteiger partial charge in [-0.1, -0.05) is 11.6 Å². The number of halogens is 1. The van der Waals surface area contributed by atoms with Gasteiger partial charge in [-0.25, -0.2) is 4.79 Å². The highest BCUT2D eigenvalue weighted by Crippen LogP contribution is 2.35. The molecular weight excluding hydrogens is 244 g/mol. The standard InChI is InChI=1S/C12H15ClO4/c1-4-17-12(16)11(15)9-6(2)5-8(13)7(3)10(9)14/h5,11,14-15H,4H2,1-3H3. The molecule has 0 heterocycles. The van der Waals surface area contributed by atoms with Gasteiger partial charge >= 0.3 is 5.97 Å². The van der Waals surface area contributed by atoms with Crippen LogP contribution in [0, 0.1) is 13.8 Å². The molecule has 0 saturated carbocycles. The van der Waals surface area contributed by atoms with Crippen molar-refractivity contribution in [2.24, 2.45) is 0 Å². The minimum atomic E-state index is -1.49. The Morgan fingerprint density at radius 2 is 2.12 bits per heavy atom. The molecule has 0 saturated heterocycles. The van der Waals surface area contributed by atoms with Gasteiger partial charge in [-0.15, -0.1) is 0 Å². The maximum Gasteiger partial charge on any atom is 0.339 e. The van der Waals surface area contributed by atoms with Crippen LogP contribution in [0.25, 0.3) is 0 Å². The lowest BCUT2D eigenvalue weighted by Gasteiger charge is -2.16. The number of ether oxygens (including phenoxy) is 1. The first kappa shape index (κ1) is 13.8. The third kappa shape index (κ3) is 2.70. The zero-order chi connectivity index (χ0) is 13.2. The Kier molecular flexibility index (Phi) is 4.37. The van der Waals surface area contributed by atoms with Gasteiger partial charge in [0.1, 0.15) is 5.75 Å². The van der Waals surface area contributed by atoms with Crippen molar-refractivity contribution in [2.45, 2.75) is 26.9 Å². The van der Waals surface area contributed by atoms with E-state index in [9.17, 15) is 15.0 Å². The van der Waals surface area contributed by atoms with Crippen LogP contribution in [0.3, 0.4) is 0 Å². The molecule has 0 aliphatic rings. The molecule has 17 heavy (non-hydrogen) atoms. The molecule has 1 aromatic carbocycles. The minimum Gasteiger partial charge on any atom is -0.507 e. The van der Waals surface area contributed by atoms with Gasteiger partial charge in [0.25, 0.3) is 0 Å². The van der Waals surface area contributed by atoms with Crippen LogP contribution < -0.4 is 0 Å². The lowest BCUT2D eigenvalue weighted by Crippen LogP contribution is -2.16. The first-order chi connectivity index (χ1) is 7.90. The molecule has 0 radical (unpaired) electrons. The van der Waals surface area contributed by atoms with Crippen molar-refractivity contribution in [3.8, 4) is 5.75 Å². The summed E-state index contributed by atoms with van der Waals surface area (Å²) in [5, 5.41) is 20.1. The molecule has 2 N–H and O–H groups in total. The van der Waals surface area contributed by atoms with Crippen LogP contribution in [0.5, 0.6) is 5.75 Å². The van der Waals surface area contributed by atoms with Gasteiger partial charge in [0.15, 0.2) is 6.10 Å². The fourth-order valence-electron chi connectivity index (χ4n) is 1.56. The van der Waals surface area contributed by atoms with Crippen molar-refractivity contribution in [2.75, 3.05) is 6.61 Å². The summed E-state index contributed by atoms with van der Waals surface area (Å²) in [4.78, 5) is 11.4. The van der Waals surface area contributed by atoms with Crippen LogP contribution >= 0.6 is 11.6 Å². The second kappa shape index (κ2) is 5.38. The summed E-state index contributed by atoms with van der Waals surface area (Å²) in [5.74, 6) is -0.955. The minimum absolute atomic E-state index is 0.144. The van der Waals surface area contributed by atoms with Gasteiger partial charge in [-0.3, -0.25) is 0 Å². The topological polar surface area (TPSA) is 66.8 Å². The normalized spacial score (nSPS) is 12.3. The zero-order valence-corrected chi connectivity index (χ0v) is 10.7. The number of aliphatic hydroxyl groups is 1. The number of rotatable bonds is 3. The molecular formula is C12H15ClO4. The number of aromatic hydroxyl groups is 1. The highest BCUT2D eigenvalue weighted by Gasteiger charge is 2.25. The van der Waals surface area contributed by atoms with Gasteiger partial charge in [0.05, 0.1) is 6.61 Å². The van der Waals surface area contributed by atoms with Crippen molar-refractivity contribution < 1.29 is 19.7 Å². The first-order valence-electron chi connectivity index (χ1n) is 5.23. The number of benzene rings is 1. The van der Waals surface area contributed by atoms with E-state index in [1.807, 2.05) is 0 Å². The Morgan fingerprint density at radius 1 is 1.53 bits per heavy atom. The number of aliphatic hydroxyl groups excluding tert-OH is 1. The summed E-state index contributed by atoms with van der Waals surface area (Å²) in [7, 11) is 0. The summed E-state index contributed by atoms with van der Waals surface area (Å²) in [6.45, 7) is 5.08. The Balaban J connectivity index is 3.22. The highest BCUT2D eigenvalue weighted by atomic mass is 35.5. The smallest absolute Gasteiger partial charge is 0.339 e. The molecule has 0 bridgehead atoms. The highest BCUT2D eigenvalue weighted by molar-refractivity contribution is 6.31. The van der Waals surface area contributed by atoms with Crippen molar-refractivity contribution in [3.63, 3.8) is 0 Å². The van der Waals surface area contributed by atoms with E-state index in [1.165, 1.54) is 0 Å². The van der Waals surface area contributed by atoms with E-state index in [1.54, 1.807) is 26.8 Å². The lowest BCUT2D eigenvalue weighted by atomic mass is 9.99. The summed E-state index contributed by atoms with van der Waals surface area (Å²) < 4.78 is 4.71. The van der Waals surface area contributed by atoms with Crippen LogP contribution in [0.2, 0.25) is 5.02 Å². The van der Waals surface area contributed by atoms with E-state index in [-0.39, 0.29) is 17.9 Å². The fraction of sp³-hybridized carbons (Fsp3) is 0.417. The second-order valence-corrected chi connectivity index (χ2v) is 4.12. The number of esters is 1. The largest absolute Gasteiger partial charge is 0.507 e. The van der Waals surface area contributed by atoms with Crippen LogP contribution in [0.4, 0.5) is 0 Å². The predicted octanol–water partition coefficient (Wildman–Crippen LogP) is 2.26.